The van der Waals surface area contributed by atoms with Crippen molar-refractivity contribution in [3.63, 3.8) is 0 Å². The third-order valence-electron chi connectivity index (χ3n) is 3.60. The molecule has 102 valence electrons. The maximum absolute atomic E-state index is 12.1. The van der Waals surface area contributed by atoms with Crippen LogP contribution in [-0.4, -0.2) is 23.0 Å². The number of aryl methyl sites for hydroxylation is 2. The van der Waals surface area contributed by atoms with Crippen LogP contribution in [0.15, 0.2) is 18.2 Å². The molecule has 0 heterocycles. The van der Waals surface area contributed by atoms with Gasteiger partial charge in [0.05, 0.1) is 5.92 Å². The van der Waals surface area contributed by atoms with Crippen molar-refractivity contribution in [3.05, 3.63) is 34.9 Å². The van der Waals surface area contributed by atoms with Crippen molar-refractivity contribution in [2.45, 2.75) is 39.2 Å². The van der Waals surface area contributed by atoms with Gasteiger partial charge in [0.1, 0.15) is 0 Å². The van der Waals surface area contributed by atoms with Gasteiger partial charge in [-0.15, -0.1) is 0 Å². The van der Waals surface area contributed by atoms with E-state index in [-0.39, 0.29) is 17.9 Å². The van der Waals surface area contributed by atoms with Crippen LogP contribution in [0.1, 0.15) is 40.7 Å². The van der Waals surface area contributed by atoms with E-state index in [9.17, 15) is 9.59 Å². The zero-order valence-corrected chi connectivity index (χ0v) is 11.3. The number of hydrogen-bond acceptors (Lipinski definition) is 2. The van der Waals surface area contributed by atoms with Gasteiger partial charge in [-0.05, 0) is 45.2 Å². The molecule has 1 fully saturated rings. The first kappa shape index (κ1) is 13.6. The van der Waals surface area contributed by atoms with Gasteiger partial charge in [0.2, 0.25) is 0 Å². The molecule has 2 atom stereocenters. The van der Waals surface area contributed by atoms with Gasteiger partial charge in [0.15, 0.2) is 0 Å². The number of carboxylic acids is 1. The summed E-state index contributed by atoms with van der Waals surface area (Å²) in [5, 5.41) is 11.9. The minimum Gasteiger partial charge on any atom is -0.481 e. The summed E-state index contributed by atoms with van der Waals surface area (Å²) in [7, 11) is 0. The minimum atomic E-state index is -0.761. The van der Waals surface area contributed by atoms with E-state index >= 15 is 0 Å². The Labute approximate surface area is 112 Å². The first-order chi connectivity index (χ1) is 8.95. The largest absolute Gasteiger partial charge is 0.481 e. The number of carbonyl (C=O) groups is 2. The predicted octanol–water partition coefficient (Wildman–Crippen LogP) is 2.29. The highest BCUT2D eigenvalue weighted by Gasteiger charge is 2.30. The van der Waals surface area contributed by atoms with E-state index in [0.717, 1.165) is 17.5 Å². The number of carbonyl (C=O) groups excluding carboxylic acids is 1. The second kappa shape index (κ2) is 5.43. The number of hydrogen-bond donors (Lipinski definition) is 2. The molecule has 0 aliphatic heterocycles. The highest BCUT2D eigenvalue weighted by molar-refractivity contribution is 5.94. The Balaban J connectivity index is 2.00. The van der Waals surface area contributed by atoms with Crippen molar-refractivity contribution in [2.24, 2.45) is 5.92 Å². The summed E-state index contributed by atoms with van der Waals surface area (Å²) in [5.41, 5.74) is 2.76. The van der Waals surface area contributed by atoms with Crippen LogP contribution in [0.25, 0.3) is 0 Å². The molecule has 2 N–H and O–H groups in total. The van der Waals surface area contributed by atoms with Crippen molar-refractivity contribution in [1.82, 2.24) is 5.32 Å². The molecule has 0 unspecified atom stereocenters. The van der Waals surface area contributed by atoms with Gasteiger partial charge in [-0.3, -0.25) is 9.59 Å². The second-order valence-electron chi connectivity index (χ2n) is 5.39. The Hall–Kier alpha value is -1.84. The van der Waals surface area contributed by atoms with Gasteiger partial charge in [-0.1, -0.05) is 17.2 Å². The molecule has 1 aliphatic carbocycles. The van der Waals surface area contributed by atoms with E-state index in [4.69, 9.17) is 5.11 Å². The molecule has 2 rings (SSSR count). The van der Waals surface area contributed by atoms with Crippen molar-refractivity contribution >= 4 is 11.9 Å². The summed E-state index contributed by atoms with van der Waals surface area (Å²) in [6.45, 7) is 3.92. The van der Waals surface area contributed by atoms with E-state index < -0.39 is 5.97 Å². The number of benzene rings is 1. The maximum atomic E-state index is 12.1. The molecule has 0 aromatic heterocycles. The van der Waals surface area contributed by atoms with E-state index in [2.05, 4.69) is 5.32 Å². The van der Waals surface area contributed by atoms with Crippen molar-refractivity contribution in [1.29, 1.82) is 0 Å². The maximum Gasteiger partial charge on any atom is 0.306 e. The number of aliphatic carboxylic acids is 1. The van der Waals surface area contributed by atoms with Crippen LogP contribution in [0.3, 0.4) is 0 Å². The molecule has 0 radical (unpaired) electrons. The molecule has 19 heavy (non-hydrogen) atoms. The van der Waals surface area contributed by atoms with Gasteiger partial charge in [0, 0.05) is 11.6 Å². The van der Waals surface area contributed by atoms with E-state index in [0.29, 0.717) is 18.4 Å². The van der Waals surface area contributed by atoms with Crippen LogP contribution < -0.4 is 5.32 Å². The van der Waals surface area contributed by atoms with Crippen LogP contribution in [0.5, 0.6) is 0 Å². The summed E-state index contributed by atoms with van der Waals surface area (Å²) < 4.78 is 0. The Morgan fingerprint density at radius 2 is 1.79 bits per heavy atom. The zero-order valence-electron chi connectivity index (χ0n) is 11.3. The van der Waals surface area contributed by atoms with Crippen LogP contribution in [0, 0.1) is 19.8 Å². The van der Waals surface area contributed by atoms with E-state index in [1.165, 1.54) is 0 Å². The summed E-state index contributed by atoms with van der Waals surface area (Å²) in [5.74, 6) is -1.18. The quantitative estimate of drug-likeness (QED) is 0.877. The summed E-state index contributed by atoms with van der Waals surface area (Å²) in [4.78, 5) is 23.0. The van der Waals surface area contributed by atoms with Crippen LogP contribution in [0.4, 0.5) is 0 Å². The monoisotopic (exact) mass is 261 g/mol. The molecule has 1 aromatic rings. The summed E-state index contributed by atoms with van der Waals surface area (Å²) in [6.07, 6.45) is 1.92. The molecule has 4 heteroatoms. The van der Waals surface area contributed by atoms with Gasteiger partial charge in [-0.25, -0.2) is 0 Å². The molecular weight excluding hydrogens is 242 g/mol. The second-order valence-corrected chi connectivity index (χ2v) is 5.39. The highest BCUT2D eigenvalue weighted by Crippen LogP contribution is 2.26. The molecular formula is C15H19NO3. The molecule has 4 nitrogen and oxygen atoms in total. The average Bonchev–Trinajstić information content (AvgIpc) is 2.76. The molecule has 0 bridgehead atoms. The van der Waals surface area contributed by atoms with Crippen molar-refractivity contribution in [3.8, 4) is 0 Å². The third kappa shape index (κ3) is 3.34. The average molecular weight is 261 g/mol. The first-order valence-corrected chi connectivity index (χ1v) is 6.57. The fraction of sp³-hybridized carbons (Fsp3) is 0.467. The fourth-order valence-corrected chi connectivity index (χ4v) is 2.71. The molecule has 1 saturated carbocycles. The smallest absolute Gasteiger partial charge is 0.306 e. The van der Waals surface area contributed by atoms with Crippen LogP contribution >= 0.6 is 0 Å². The lowest BCUT2D eigenvalue weighted by Crippen LogP contribution is -2.33. The normalized spacial score (nSPS) is 22.2. The molecule has 1 aliphatic rings. The van der Waals surface area contributed by atoms with Crippen molar-refractivity contribution < 1.29 is 14.7 Å². The lowest BCUT2D eigenvalue weighted by Gasteiger charge is -2.13. The Morgan fingerprint density at radius 3 is 2.32 bits per heavy atom. The predicted molar refractivity (Wildman–Crippen MR) is 72.1 cm³/mol. The van der Waals surface area contributed by atoms with Gasteiger partial charge in [0.25, 0.3) is 5.91 Å². The number of amides is 1. The Morgan fingerprint density at radius 1 is 1.16 bits per heavy atom. The fourth-order valence-electron chi connectivity index (χ4n) is 2.71. The lowest BCUT2D eigenvalue weighted by atomic mass is 10.1. The summed E-state index contributed by atoms with van der Waals surface area (Å²) >= 11 is 0. The SMILES string of the molecule is Cc1cc(C)cc(C(=O)N[C@@H]2CC[C@H](C(=O)O)C2)c1. The summed E-state index contributed by atoms with van der Waals surface area (Å²) in [6, 6.07) is 5.71. The number of carboxylic acid groups (broad SMARTS) is 1. The van der Waals surface area contributed by atoms with Crippen molar-refractivity contribution in [2.75, 3.05) is 0 Å². The molecule has 0 saturated heterocycles. The number of nitrogens with one attached hydrogen (secondary N) is 1. The Kier molecular flexibility index (Phi) is 3.88. The zero-order chi connectivity index (χ0) is 14.0. The van der Waals surface area contributed by atoms with Crippen LogP contribution in [-0.2, 0) is 4.79 Å². The minimum absolute atomic E-state index is 0.0191. The Bertz CT molecular complexity index is 490. The standard InChI is InChI=1S/C15H19NO3/c1-9-5-10(2)7-12(6-9)14(17)16-13-4-3-11(8-13)15(18)19/h5-7,11,13H,3-4,8H2,1-2H3,(H,16,17)(H,18,19)/t11-,13+/m0/s1. The number of rotatable bonds is 3. The molecule has 0 spiro atoms. The first-order valence-electron chi connectivity index (χ1n) is 6.57. The van der Waals surface area contributed by atoms with Gasteiger partial charge < -0.3 is 10.4 Å². The third-order valence-corrected chi connectivity index (χ3v) is 3.60. The molecule has 1 amide bonds. The van der Waals surface area contributed by atoms with E-state index in [1.54, 1.807) is 0 Å². The van der Waals surface area contributed by atoms with Gasteiger partial charge >= 0.3 is 5.97 Å². The van der Waals surface area contributed by atoms with Gasteiger partial charge in [-0.2, -0.15) is 0 Å². The van der Waals surface area contributed by atoms with Crippen LogP contribution in [0.2, 0.25) is 0 Å². The molecule has 1 aromatic carbocycles. The topological polar surface area (TPSA) is 66.4 Å². The van der Waals surface area contributed by atoms with E-state index in [1.807, 2.05) is 32.0 Å². The lowest BCUT2D eigenvalue weighted by molar-refractivity contribution is -0.141. The highest BCUT2D eigenvalue weighted by atomic mass is 16.4.